The zero-order valence-corrected chi connectivity index (χ0v) is 21.1. The van der Waals surface area contributed by atoms with Gasteiger partial charge in [0.2, 0.25) is 5.91 Å². The SMILES string of the molecule is C/C1=C\C=C\[C@@H](O)[C@@]2(O)C[C@H](OC(=O)N2)[C@@H](C)[C@@H]2O[C@H]2[C@@H](O)CC(=O)N(C)C2C=C(C=C(O)C2Cl)C1. The Bertz CT molecular complexity index is 1030. The van der Waals surface area contributed by atoms with E-state index in [1.165, 1.54) is 11.0 Å². The number of rotatable bonds is 0. The van der Waals surface area contributed by atoms with Crippen molar-refractivity contribution < 1.29 is 39.5 Å². The molecule has 1 aliphatic carbocycles. The summed E-state index contributed by atoms with van der Waals surface area (Å²) in [5, 5.41) is 44.2. The van der Waals surface area contributed by atoms with Gasteiger partial charge in [-0.15, -0.1) is 11.6 Å². The lowest BCUT2D eigenvalue weighted by molar-refractivity contribution is -0.133. The second kappa shape index (κ2) is 10.2. The molecular weight excluding hydrogens is 492 g/mol. The number of nitrogens with one attached hydrogen (secondary N) is 1. The third-order valence-electron chi connectivity index (χ3n) is 7.31. The van der Waals surface area contributed by atoms with Gasteiger partial charge in [-0.2, -0.15) is 0 Å². The average Bonchev–Trinajstić information content (AvgIpc) is 3.60. The molecule has 4 rings (SSSR count). The lowest BCUT2D eigenvalue weighted by atomic mass is 9.87. The molecule has 2 amide bonds. The standard InChI is InChI=1S/C25H33ClN2O8/c1-12-5-4-6-19(31)25(34)11-18(35-24(33)27-25)13(2)22-23(36-22)17(30)10-20(32)28(3)15-8-14(7-12)9-16(29)21(15)26/h4-6,8-9,13,15,17-19,21-23,29-31,34H,7,10-11H2,1-3H3,(H,27,33)/b6-4+,12-5+/t13-,15?,17+,18+,19-,21?,22+,23+,25+/m1/s1. The van der Waals surface area contributed by atoms with Crippen LogP contribution in [0.15, 0.2) is 47.3 Å². The molecule has 5 N–H and O–H groups in total. The van der Waals surface area contributed by atoms with Gasteiger partial charge in [0.15, 0.2) is 5.72 Å². The number of hydrogen-bond donors (Lipinski definition) is 5. The summed E-state index contributed by atoms with van der Waals surface area (Å²) in [6, 6.07) is -0.618. The summed E-state index contributed by atoms with van der Waals surface area (Å²) in [7, 11) is 1.57. The van der Waals surface area contributed by atoms with Crippen molar-refractivity contribution in [3.8, 4) is 0 Å². The van der Waals surface area contributed by atoms with Gasteiger partial charge in [-0.25, -0.2) is 4.79 Å². The van der Waals surface area contributed by atoms with Crippen LogP contribution in [-0.4, -0.2) is 92.0 Å². The van der Waals surface area contributed by atoms with Gasteiger partial charge in [0, 0.05) is 19.4 Å². The molecule has 0 saturated carbocycles. The second-order valence-electron chi connectivity index (χ2n) is 10.1. The molecule has 36 heavy (non-hydrogen) atoms. The number of carbonyl (C=O) groups is 2. The monoisotopic (exact) mass is 524 g/mol. The first-order valence-electron chi connectivity index (χ1n) is 12.0. The fraction of sp³-hybridized carbons (Fsp3) is 0.600. The summed E-state index contributed by atoms with van der Waals surface area (Å²) in [5.74, 6) is -0.855. The minimum Gasteiger partial charge on any atom is -0.511 e. The molecule has 0 aromatic carbocycles. The fourth-order valence-electron chi connectivity index (χ4n) is 5.00. The number of carbonyl (C=O) groups excluding carboxylic acids is 2. The Hall–Kier alpha value is -2.37. The Morgan fingerprint density at radius 3 is 2.69 bits per heavy atom. The highest BCUT2D eigenvalue weighted by atomic mass is 35.5. The maximum Gasteiger partial charge on any atom is 0.409 e. The summed E-state index contributed by atoms with van der Waals surface area (Å²) in [5.41, 5.74) is -0.345. The van der Waals surface area contributed by atoms with Crippen molar-refractivity contribution in [1.29, 1.82) is 0 Å². The maximum absolute atomic E-state index is 13.0. The second-order valence-corrected chi connectivity index (χ2v) is 10.6. The molecule has 2 saturated heterocycles. The minimum absolute atomic E-state index is 0.0614. The van der Waals surface area contributed by atoms with Crippen LogP contribution in [0.25, 0.3) is 0 Å². The van der Waals surface area contributed by atoms with E-state index >= 15 is 0 Å². The van der Waals surface area contributed by atoms with Crippen molar-refractivity contribution >= 4 is 23.6 Å². The molecule has 198 valence electrons. The third kappa shape index (κ3) is 5.47. The molecular formula is C25H33ClN2O8. The van der Waals surface area contributed by atoms with Crippen LogP contribution < -0.4 is 5.32 Å². The molecule has 3 heterocycles. The van der Waals surface area contributed by atoms with Crippen molar-refractivity contribution in [1.82, 2.24) is 10.2 Å². The number of hydrogen-bond acceptors (Lipinski definition) is 8. The van der Waals surface area contributed by atoms with Gasteiger partial charge in [0.1, 0.15) is 29.4 Å². The van der Waals surface area contributed by atoms with E-state index in [1.54, 1.807) is 32.2 Å². The molecule has 4 aliphatic rings. The van der Waals surface area contributed by atoms with Gasteiger partial charge in [-0.3, -0.25) is 10.1 Å². The number of aliphatic hydroxyl groups is 4. The zero-order valence-electron chi connectivity index (χ0n) is 20.4. The lowest BCUT2D eigenvalue weighted by Gasteiger charge is -2.40. The Kier molecular flexibility index (Phi) is 7.55. The fourth-order valence-corrected chi connectivity index (χ4v) is 5.30. The van der Waals surface area contributed by atoms with Gasteiger partial charge in [-0.1, -0.05) is 36.8 Å². The molecule has 11 heteroatoms. The predicted octanol–water partition coefficient (Wildman–Crippen LogP) is 1.41. The molecule has 4 bridgehead atoms. The first-order valence-corrected chi connectivity index (χ1v) is 12.4. The van der Waals surface area contributed by atoms with Crippen LogP contribution in [0.3, 0.4) is 0 Å². The lowest BCUT2D eigenvalue weighted by Crippen LogP contribution is -2.63. The van der Waals surface area contributed by atoms with Crippen molar-refractivity contribution in [2.24, 2.45) is 5.92 Å². The van der Waals surface area contributed by atoms with Crippen molar-refractivity contribution in [3.63, 3.8) is 0 Å². The molecule has 0 spiro atoms. The number of epoxide rings is 1. The number of amides is 2. The van der Waals surface area contributed by atoms with Gasteiger partial charge >= 0.3 is 6.09 Å². The van der Waals surface area contributed by atoms with E-state index in [-0.39, 0.29) is 24.5 Å². The summed E-state index contributed by atoms with van der Waals surface area (Å²) in [6.45, 7) is 3.61. The largest absolute Gasteiger partial charge is 0.511 e. The van der Waals surface area contributed by atoms with Crippen LogP contribution >= 0.6 is 11.6 Å². The quantitative estimate of drug-likeness (QED) is 0.235. The number of likely N-dealkylation sites (N-methyl/N-ethyl adjacent to an activating group) is 1. The number of fused-ring (bicyclic) bond motifs is 4. The zero-order chi connectivity index (χ0) is 26.4. The average molecular weight is 525 g/mol. The van der Waals surface area contributed by atoms with Gasteiger partial charge in [0.05, 0.1) is 24.7 Å². The summed E-state index contributed by atoms with van der Waals surface area (Å²) >= 11 is 6.40. The number of ether oxygens (including phenoxy) is 2. The molecule has 0 aromatic rings. The Morgan fingerprint density at radius 1 is 1.25 bits per heavy atom. The van der Waals surface area contributed by atoms with Gasteiger partial charge in [0.25, 0.3) is 0 Å². The summed E-state index contributed by atoms with van der Waals surface area (Å²) < 4.78 is 11.0. The van der Waals surface area contributed by atoms with Crippen LogP contribution in [-0.2, 0) is 14.3 Å². The summed E-state index contributed by atoms with van der Waals surface area (Å²) in [6.07, 6.45) is 2.80. The van der Waals surface area contributed by atoms with Gasteiger partial charge in [-0.05, 0) is 25.0 Å². The topological polar surface area (TPSA) is 152 Å². The van der Waals surface area contributed by atoms with E-state index in [1.807, 2.05) is 13.0 Å². The van der Waals surface area contributed by atoms with Crippen LogP contribution in [0.5, 0.6) is 0 Å². The first-order chi connectivity index (χ1) is 16.9. The Balaban J connectivity index is 1.64. The van der Waals surface area contributed by atoms with E-state index in [2.05, 4.69) is 5.32 Å². The van der Waals surface area contributed by atoms with Crippen molar-refractivity contribution in [3.05, 3.63) is 47.3 Å². The highest BCUT2D eigenvalue weighted by Gasteiger charge is 2.54. The number of alkyl carbamates (subject to hydrolysis) is 1. The molecule has 3 aliphatic heterocycles. The molecule has 0 radical (unpaired) electrons. The number of nitrogens with zero attached hydrogens (tertiary/aromatic N) is 1. The van der Waals surface area contributed by atoms with Crippen LogP contribution in [0.2, 0.25) is 0 Å². The van der Waals surface area contributed by atoms with Gasteiger partial charge < -0.3 is 34.8 Å². The maximum atomic E-state index is 13.0. The number of alkyl halides is 1. The van der Waals surface area contributed by atoms with E-state index < -0.39 is 59.7 Å². The highest BCUT2D eigenvalue weighted by molar-refractivity contribution is 6.23. The molecule has 10 nitrogen and oxygen atoms in total. The van der Waals surface area contributed by atoms with Crippen LogP contribution in [0, 0.1) is 5.92 Å². The van der Waals surface area contributed by atoms with Crippen LogP contribution in [0.1, 0.15) is 33.1 Å². The molecule has 9 atom stereocenters. The van der Waals surface area contributed by atoms with E-state index in [4.69, 9.17) is 21.1 Å². The third-order valence-corrected chi connectivity index (χ3v) is 7.79. The molecule has 2 unspecified atom stereocenters. The highest BCUT2D eigenvalue weighted by Crippen LogP contribution is 2.39. The summed E-state index contributed by atoms with van der Waals surface area (Å²) in [4.78, 5) is 26.6. The predicted molar refractivity (Wildman–Crippen MR) is 130 cm³/mol. The van der Waals surface area contributed by atoms with E-state index in [0.717, 1.165) is 11.1 Å². The van der Waals surface area contributed by atoms with Crippen molar-refractivity contribution in [2.75, 3.05) is 7.05 Å². The van der Waals surface area contributed by atoms with E-state index in [0.29, 0.717) is 6.42 Å². The number of allylic oxidation sites excluding steroid dienone is 5. The van der Waals surface area contributed by atoms with Crippen LogP contribution in [0.4, 0.5) is 4.79 Å². The Labute approximate surface area is 214 Å². The Morgan fingerprint density at radius 2 is 1.97 bits per heavy atom. The smallest absolute Gasteiger partial charge is 0.409 e. The van der Waals surface area contributed by atoms with Crippen molar-refractivity contribution in [2.45, 2.75) is 80.8 Å². The first kappa shape index (κ1) is 26.7. The minimum atomic E-state index is -1.96. The molecule has 0 aromatic heterocycles. The number of halogens is 1. The number of aliphatic hydroxyl groups excluding tert-OH is 3. The molecule has 2 fully saturated rings. The van der Waals surface area contributed by atoms with E-state index in [9.17, 15) is 30.0 Å². The normalized spacial score (nSPS) is 44.2.